The molecule has 2 saturated carbocycles. The van der Waals surface area contributed by atoms with E-state index in [4.69, 9.17) is 4.74 Å². The van der Waals surface area contributed by atoms with E-state index in [1.165, 1.54) is 11.8 Å². The van der Waals surface area contributed by atoms with Crippen molar-refractivity contribution in [2.24, 2.45) is 22.7 Å². The number of cyclic esters (lactones) is 1. The van der Waals surface area contributed by atoms with Crippen LogP contribution in [-0.2, 0) is 9.53 Å². The van der Waals surface area contributed by atoms with E-state index in [0.717, 1.165) is 25.7 Å². The van der Waals surface area contributed by atoms with Crippen LogP contribution >= 0.6 is 0 Å². The van der Waals surface area contributed by atoms with Crippen LogP contribution in [-0.4, -0.2) is 28.9 Å². The molecule has 0 unspecified atom stereocenters. The smallest absolute Gasteiger partial charge is 0.342 e. The fourth-order valence-corrected chi connectivity index (χ4v) is 5.34. The maximum atomic E-state index is 11.6. The Morgan fingerprint density at radius 2 is 2.17 bits per heavy atom. The van der Waals surface area contributed by atoms with Crippen molar-refractivity contribution < 1.29 is 19.7 Å². The minimum Gasteiger partial charge on any atom is -0.431 e. The van der Waals surface area contributed by atoms with Crippen LogP contribution in [0.5, 0.6) is 0 Å². The van der Waals surface area contributed by atoms with E-state index in [9.17, 15) is 15.0 Å². The number of rotatable bonds is 3. The Bertz CT molecular complexity index is 605. The van der Waals surface area contributed by atoms with Gasteiger partial charge in [-0.15, -0.1) is 0 Å². The van der Waals surface area contributed by atoms with Crippen molar-refractivity contribution >= 4 is 5.97 Å². The second-order valence-corrected chi connectivity index (χ2v) is 8.13. The first kappa shape index (κ1) is 17.4. The predicted octanol–water partition coefficient (Wildman–Crippen LogP) is 3.12. The molecule has 0 spiro atoms. The monoisotopic (exact) mass is 332 g/mol. The van der Waals surface area contributed by atoms with Crippen LogP contribution in [0.4, 0.5) is 0 Å². The first-order valence-corrected chi connectivity index (χ1v) is 8.87. The maximum absolute atomic E-state index is 11.6. The highest BCUT2D eigenvalue weighted by Gasteiger charge is 2.57. The Morgan fingerprint density at radius 3 is 2.79 bits per heavy atom. The summed E-state index contributed by atoms with van der Waals surface area (Å²) in [5.41, 5.74) is 1.34. The number of hydrogen-bond acceptors (Lipinski definition) is 4. The number of carbonyl (C=O) groups excluding carboxylic acids is 1. The van der Waals surface area contributed by atoms with Gasteiger partial charge in [-0.1, -0.05) is 32.1 Å². The van der Waals surface area contributed by atoms with Gasteiger partial charge in [0.2, 0.25) is 0 Å². The number of aliphatic hydroxyl groups is 2. The zero-order valence-corrected chi connectivity index (χ0v) is 14.6. The second kappa shape index (κ2) is 6.16. The molecule has 4 nitrogen and oxygen atoms in total. The fourth-order valence-electron chi connectivity index (χ4n) is 5.34. The normalized spacial score (nSPS) is 43.8. The minimum atomic E-state index is -0.467. The molecule has 0 aromatic rings. The Hall–Kier alpha value is -1.39. The van der Waals surface area contributed by atoms with Gasteiger partial charge in [0, 0.05) is 5.41 Å². The third-order valence-electron chi connectivity index (χ3n) is 6.93. The summed E-state index contributed by atoms with van der Waals surface area (Å²) < 4.78 is 4.85. The molecule has 5 atom stereocenters. The van der Waals surface area contributed by atoms with Crippen molar-refractivity contribution in [2.75, 3.05) is 6.61 Å². The average Bonchev–Trinajstić information content (AvgIpc) is 2.96. The Labute approximate surface area is 143 Å². The molecule has 0 aromatic heterocycles. The lowest BCUT2D eigenvalue weighted by atomic mass is 9.46. The number of hydrogen-bond donors (Lipinski definition) is 2. The molecular weight excluding hydrogens is 304 g/mol. The first-order valence-electron chi connectivity index (χ1n) is 8.87. The molecule has 0 bridgehead atoms. The zero-order chi connectivity index (χ0) is 17.5. The van der Waals surface area contributed by atoms with Crippen LogP contribution in [0.1, 0.15) is 46.0 Å². The third-order valence-corrected chi connectivity index (χ3v) is 6.93. The van der Waals surface area contributed by atoms with E-state index in [2.05, 4.69) is 13.5 Å². The molecule has 132 valence electrons. The lowest BCUT2D eigenvalue weighted by Crippen LogP contribution is -2.57. The van der Waals surface area contributed by atoms with E-state index in [-0.39, 0.29) is 29.8 Å². The summed E-state index contributed by atoms with van der Waals surface area (Å²) in [5, 5.41) is 20.5. The number of esters is 1. The lowest BCUT2D eigenvalue weighted by Gasteiger charge is -2.59. The molecule has 0 aromatic carbocycles. The van der Waals surface area contributed by atoms with Crippen LogP contribution in [0.2, 0.25) is 0 Å². The zero-order valence-electron chi connectivity index (χ0n) is 14.6. The molecular formula is C20H28O4. The summed E-state index contributed by atoms with van der Waals surface area (Å²) in [6.07, 6.45) is 8.86. The van der Waals surface area contributed by atoms with Gasteiger partial charge >= 0.3 is 5.97 Å². The third kappa shape index (κ3) is 2.56. The summed E-state index contributed by atoms with van der Waals surface area (Å²) in [4.78, 5) is 11.6. The van der Waals surface area contributed by atoms with Crippen LogP contribution in [0.3, 0.4) is 0 Å². The van der Waals surface area contributed by atoms with Crippen molar-refractivity contribution in [2.45, 2.75) is 52.1 Å². The number of ether oxygens (including phenoxy) is 1. The average molecular weight is 332 g/mol. The van der Waals surface area contributed by atoms with Crippen molar-refractivity contribution in [1.82, 2.24) is 0 Å². The molecule has 3 rings (SSSR count). The molecule has 1 heterocycles. The van der Waals surface area contributed by atoms with E-state index in [1.54, 1.807) is 6.08 Å². The van der Waals surface area contributed by atoms with Crippen molar-refractivity contribution in [3.05, 3.63) is 36.1 Å². The van der Waals surface area contributed by atoms with Crippen LogP contribution in [0.15, 0.2) is 36.1 Å². The predicted molar refractivity (Wildman–Crippen MR) is 91.8 cm³/mol. The minimum absolute atomic E-state index is 0.00374. The molecule has 0 saturated heterocycles. The van der Waals surface area contributed by atoms with Gasteiger partial charge in [-0.3, -0.25) is 0 Å². The van der Waals surface area contributed by atoms with E-state index >= 15 is 0 Å². The van der Waals surface area contributed by atoms with Gasteiger partial charge in [0.25, 0.3) is 0 Å². The molecule has 0 amide bonds. The molecule has 2 aliphatic carbocycles. The molecule has 2 N–H and O–H groups in total. The Balaban J connectivity index is 1.89. The molecule has 2 fully saturated rings. The number of fused-ring (bicyclic) bond motifs is 1. The van der Waals surface area contributed by atoms with Gasteiger partial charge in [-0.2, -0.15) is 0 Å². The largest absolute Gasteiger partial charge is 0.431 e. The van der Waals surface area contributed by atoms with E-state index < -0.39 is 11.5 Å². The number of allylic oxidation sites excluding steroid dienone is 2. The summed E-state index contributed by atoms with van der Waals surface area (Å²) in [6.45, 7) is 8.59. The van der Waals surface area contributed by atoms with Crippen LogP contribution < -0.4 is 0 Å². The quantitative estimate of drug-likeness (QED) is 0.473. The molecule has 4 heteroatoms. The Morgan fingerprint density at radius 1 is 1.42 bits per heavy atom. The van der Waals surface area contributed by atoms with Gasteiger partial charge in [0.05, 0.1) is 24.5 Å². The lowest BCUT2D eigenvalue weighted by molar-refractivity contribution is -0.151. The van der Waals surface area contributed by atoms with Crippen molar-refractivity contribution in [3.8, 4) is 0 Å². The Kier molecular flexibility index (Phi) is 4.47. The summed E-state index contributed by atoms with van der Waals surface area (Å²) >= 11 is 0. The van der Waals surface area contributed by atoms with Gasteiger partial charge in [-0.05, 0) is 55.4 Å². The summed E-state index contributed by atoms with van der Waals surface area (Å²) in [5.74, 6) is 0.208. The SMILES string of the molecule is C=C1CC[C@@H]2[C@](C)(CO)[C@H](O)CC[C@]2(C)[C@@H]1C/C=C1/C=COC1=O. The van der Waals surface area contributed by atoms with Crippen LogP contribution in [0, 0.1) is 22.7 Å². The highest BCUT2D eigenvalue weighted by Crippen LogP contribution is 2.61. The van der Waals surface area contributed by atoms with Gasteiger partial charge in [0.1, 0.15) is 0 Å². The number of aliphatic hydroxyl groups excluding tert-OH is 2. The van der Waals surface area contributed by atoms with Gasteiger partial charge in [-0.25, -0.2) is 4.79 Å². The standard InChI is InChI=1S/C20H28O4/c1-13-4-7-16-19(2,10-8-17(22)20(16,3)12-21)15(13)6-5-14-9-11-24-18(14)23/h5,9,11,15-17,21-22H,1,4,6-8,10,12H2,2-3H3/b14-5-/t15-,16+,17-,19-,20+/m1/s1. The fraction of sp³-hybridized carbons (Fsp3) is 0.650. The second-order valence-electron chi connectivity index (χ2n) is 8.13. The van der Waals surface area contributed by atoms with Crippen LogP contribution in [0.25, 0.3) is 0 Å². The molecule has 1 aliphatic heterocycles. The topological polar surface area (TPSA) is 66.8 Å². The van der Waals surface area contributed by atoms with E-state index in [1.807, 2.05) is 13.0 Å². The molecule has 0 radical (unpaired) electrons. The number of carbonyl (C=O) groups is 1. The van der Waals surface area contributed by atoms with E-state index in [0.29, 0.717) is 12.0 Å². The molecule has 3 aliphatic rings. The van der Waals surface area contributed by atoms with Crippen molar-refractivity contribution in [1.29, 1.82) is 0 Å². The maximum Gasteiger partial charge on any atom is 0.342 e. The van der Waals surface area contributed by atoms with Gasteiger partial charge in [0.15, 0.2) is 0 Å². The van der Waals surface area contributed by atoms with Crippen molar-refractivity contribution in [3.63, 3.8) is 0 Å². The first-order chi connectivity index (χ1) is 11.3. The van der Waals surface area contributed by atoms with Gasteiger partial charge < -0.3 is 14.9 Å². The highest BCUT2D eigenvalue weighted by atomic mass is 16.5. The summed E-state index contributed by atoms with van der Waals surface area (Å²) in [7, 11) is 0. The summed E-state index contributed by atoms with van der Waals surface area (Å²) in [6, 6.07) is 0. The molecule has 24 heavy (non-hydrogen) atoms. The highest BCUT2D eigenvalue weighted by molar-refractivity contribution is 5.94.